The van der Waals surface area contributed by atoms with Crippen LogP contribution in [0.15, 0.2) is 85.1 Å². The number of carboxylic acid groups (broad SMARTS) is 1. The van der Waals surface area contributed by atoms with Crippen LogP contribution in [0.4, 0.5) is 0 Å². The second-order valence-electron chi connectivity index (χ2n) is 6.03. The normalized spacial score (nSPS) is 15.1. The predicted octanol–water partition coefficient (Wildman–Crippen LogP) is 4.59. The molecule has 0 saturated heterocycles. The summed E-state index contributed by atoms with van der Waals surface area (Å²) >= 11 is 0. The first-order valence-corrected chi connectivity index (χ1v) is 8.50. The smallest absolute Gasteiger partial charge is 0.330 e. The van der Waals surface area contributed by atoms with E-state index in [-0.39, 0.29) is 0 Å². The molecule has 1 atom stereocenters. The van der Waals surface area contributed by atoms with E-state index in [4.69, 9.17) is 9.47 Å². The van der Waals surface area contributed by atoms with Gasteiger partial charge in [0.1, 0.15) is 17.2 Å². The lowest BCUT2D eigenvalue weighted by atomic mass is 9.96. The Morgan fingerprint density at radius 1 is 0.815 bits per heavy atom. The first kappa shape index (κ1) is 16.7. The molecular formula is C22H17NO4. The van der Waals surface area contributed by atoms with E-state index in [1.807, 2.05) is 66.7 Å². The summed E-state index contributed by atoms with van der Waals surface area (Å²) in [7, 11) is 0. The van der Waals surface area contributed by atoms with E-state index in [0.29, 0.717) is 34.1 Å². The van der Waals surface area contributed by atoms with Crippen molar-refractivity contribution in [2.75, 3.05) is 0 Å². The second-order valence-corrected chi connectivity index (χ2v) is 6.03. The van der Waals surface area contributed by atoms with Gasteiger partial charge in [0, 0.05) is 17.3 Å². The number of para-hydroxylation sites is 2. The Balaban J connectivity index is 1.68. The van der Waals surface area contributed by atoms with Crippen molar-refractivity contribution < 1.29 is 19.4 Å². The molecule has 2 N–H and O–H groups in total. The molecule has 1 aliphatic heterocycles. The lowest BCUT2D eigenvalue weighted by molar-refractivity contribution is -0.139. The van der Waals surface area contributed by atoms with Gasteiger partial charge in [0.15, 0.2) is 11.8 Å². The van der Waals surface area contributed by atoms with Gasteiger partial charge in [-0.25, -0.2) is 4.79 Å². The average molecular weight is 359 g/mol. The van der Waals surface area contributed by atoms with Crippen molar-refractivity contribution in [2.45, 2.75) is 6.04 Å². The van der Waals surface area contributed by atoms with E-state index in [9.17, 15) is 9.90 Å². The van der Waals surface area contributed by atoms with Crippen LogP contribution in [0.5, 0.6) is 17.2 Å². The molecule has 0 bridgehead atoms. The Labute approximate surface area is 156 Å². The lowest BCUT2D eigenvalue weighted by Gasteiger charge is -2.25. The van der Waals surface area contributed by atoms with Crippen LogP contribution in [-0.4, -0.2) is 11.1 Å². The van der Waals surface area contributed by atoms with Crippen molar-refractivity contribution in [3.05, 3.63) is 96.2 Å². The molecule has 134 valence electrons. The average Bonchev–Trinajstić information content (AvgIpc) is 2.69. The highest BCUT2D eigenvalue weighted by Crippen LogP contribution is 2.34. The highest BCUT2D eigenvalue weighted by atomic mass is 16.5. The van der Waals surface area contributed by atoms with Gasteiger partial charge < -0.3 is 19.9 Å². The molecule has 0 fully saturated rings. The minimum atomic E-state index is -0.969. The molecule has 0 aliphatic carbocycles. The maximum absolute atomic E-state index is 11.7. The summed E-state index contributed by atoms with van der Waals surface area (Å²) in [5.74, 6) is 1.51. The number of hydrogen-bond acceptors (Lipinski definition) is 4. The number of benzene rings is 3. The predicted molar refractivity (Wildman–Crippen MR) is 102 cm³/mol. The number of carbonyl (C=O) groups is 1. The fraction of sp³-hybridized carbons (Fsp3) is 0.0455. The van der Waals surface area contributed by atoms with E-state index < -0.39 is 12.0 Å². The van der Waals surface area contributed by atoms with Crippen LogP contribution in [0.25, 0.3) is 5.76 Å². The molecule has 1 unspecified atom stereocenters. The van der Waals surface area contributed by atoms with E-state index in [1.165, 1.54) is 0 Å². The van der Waals surface area contributed by atoms with Gasteiger partial charge in [-0.2, -0.15) is 0 Å². The van der Waals surface area contributed by atoms with E-state index in [2.05, 4.69) is 5.32 Å². The lowest BCUT2D eigenvalue weighted by Crippen LogP contribution is -2.29. The zero-order valence-electron chi connectivity index (χ0n) is 14.3. The van der Waals surface area contributed by atoms with E-state index >= 15 is 0 Å². The van der Waals surface area contributed by atoms with Crippen LogP contribution < -0.4 is 14.8 Å². The number of carboxylic acids is 1. The van der Waals surface area contributed by atoms with Gasteiger partial charge in [-0.1, -0.05) is 36.4 Å². The van der Waals surface area contributed by atoms with E-state index in [1.54, 1.807) is 18.3 Å². The molecule has 1 aliphatic rings. The molecule has 1 heterocycles. The zero-order valence-corrected chi connectivity index (χ0v) is 14.3. The summed E-state index contributed by atoms with van der Waals surface area (Å²) in [6.07, 6.45) is 1.59. The molecule has 0 aromatic heterocycles. The Bertz CT molecular complexity index is 984. The van der Waals surface area contributed by atoms with Crippen molar-refractivity contribution in [2.24, 2.45) is 0 Å². The van der Waals surface area contributed by atoms with E-state index in [0.717, 1.165) is 0 Å². The number of rotatable bonds is 5. The molecule has 3 aromatic carbocycles. The summed E-state index contributed by atoms with van der Waals surface area (Å²) < 4.78 is 11.8. The molecular weight excluding hydrogens is 342 g/mol. The van der Waals surface area contributed by atoms with Gasteiger partial charge in [-0.05, 0) is 42.5 Å². The molecule has 27 heavy (non-hydrogen) atoms. The SMILES string of the molecule is O=C(O)C1NC=C(Oc2ccccc2)c2ccc(Oc3ccccc3)cc21. The highest BCUT2D eigenvalue weighted by Gasteiger charge is 2.28. The third kappa shape index (κ3) is 3.62. The Kier molecular flexibility index (Phi) is 4.49. The third-order valence-electron chi connectivity index (χ3n) is 4.18. The summed E-state index contributed by atoms with van der Waals surface area (Å²) in [6.45, 7) is 0. The molecule has 0 amide bonds. The Morgan fingerprint density at radius 3 is 2.07 bits per heavy atom. The molecule has 4 rings (SSSR count). The van der Waals surface area contributed by atoms with Gasteiger partial charge in [0.05, 0.1) is 0 Å². The number of fused-ring (bicyclic) bond motifs is 1. The van der Waals surface area contributed by atoms with Crippen LogP contribution in [0, 0.1) is 0 Å². The van der Waals surface area contributed by atoms with Gasteiger partial charge in [-0.15, -0.1) is 0 Å². The van der Waals surface area contributed by atoms with Gasteiger partial charge >= 0.3 is 5.97 Å². The third-order valence-corrected chi connectivity index (χ3v) is 4.18. The number of ether oxygens (including phenoxy) is 2. The van der Waals surface area contributed by atoms with Crippen molar-refractivity contribution in [3.63, 3.8) is 0 Å². The minimum Gasteiger partial charge on any atom is -0.479 e. The molecule has 0 spiro atoms. The molecule has 0 radical (unpaired) electrons. The number of aliphatic carboxylic acids is 1. The zero-order chi connectivity index (χ0) is 18.6. The minimum absolute atomic E-state index is 0.556. The van der Waals surface area contributed by atoms with Crippen LogP contribution in [0.2, 0.25) is 0 Å². The van der Waals surface area contributed by atoms with Crippen LogP contribution in [-0.2, 0) is 4.79 Å². The molecule has 0 saturated carbocycles. The Hall–Kier alpha value is -3.73. The Morgan fingerprint density at radius 2 is 1.44 bits per heavy atom. The fourth-order valence-electron chi connectivity index (χ4n) is 2.92. The summed E-state index contributed by atoms with van der Waals surface area (Å²) in [5.41, 5.74) is 1.30. The summed E-state index contributed by atoms with van der Waals surface area (Å²) in [5, 5.41) is 12.5. The summed E-state index contributed by atoms with van der Waals surface area (Å²) in [4.78, 5) is 11.7. The maximum Gasteiger partial charge on any atom is 0.330 e. The standard InChI is InChI=1S/C22H17NO4/c24-22(25)21-19-13-17(26-15-7-3-1-4-8-15)11-12-18(19)20(14-23-21)27-16-9-5-2-6-10-16/h1-14,21,23H,(H,24,25). The van der Waals surface area contributed by atoms with Crippen LogP contribution >= 0.6 is 0 Å². The van der Waals surface area contributed by atoms with Gasteiger partial charge in [-0.3, -0.25) is 0 Å². The second kappa shape index (κ2) is 7.25. The molecule has 5 heteroatoms. The molecule has 3 aromatic rings. The largest absolute Gasteiger partial charge is 0.479 e. The first-order chi connectivity index (χ1) is 13.2. The highest BCUT2D eigenvalue weighted by molar-refractivity contribution is 5.81. The van der Waals surface area contributed by atoms with Crippen molar-refractivity contribution in [1.82, 2.24) is 5.32 Å². The van der Waals surface area contributed by atoms with Crippen LogP contribution in [0.3, 0.4) is 0 Å². The topological polar surface area (TPSA) is 67.8 Å². The summed E-state index contributed by atoms with van der Waals surface area (Å²) in [6, 6.07) is 23.2. The van der Waals surface area contributed by atoms with Gasteiger partial charge in [0.25, 0.3) is 0 Å². The fourth-order valence-corrected chi connectivity index (χ4v) is 2.92. The quantitative estimate of drug-likeness (QED) is 0.698. The van der Waals surface area contributed by atoms with Crippen LogP contribution in [0.1, 0.15) is 17.2 Å². The van der Waals surface area contributed by atoms with Gasteiger partial charge in [0.2, 0.25) is 0 Å². The maximum atomic E-state index is 11.7. The van der Waals surface area contributed by atoms with Crippen molar-refractivity contribution >= 4 is 11.7 Å². The number of nitrogens with one attached hydrogen (secondary N) is 1. The first-order valence-electron chi connectivity index (χ1n) is 8.50. The van der Waals surface area contributed by atoms with Crippen molar-refractivity contribution in [3.8, 4) is 17.2 Å². The number of hydrogen-bond donors (Lipinski definition) is 2. The van der Waals surface area contributed by atoms with Crippen molar-refractivity contribution in [1.29, 1.82) is 0 Å². The molecule has 5 nitrogen and oxygen atoms in total. The monoisotopic (exact) mass is 359 g/mol.